The summed E-state index contributed by atoms with van der Waals surface area (Å²) in [4.78, 5) is 26.9. The van der Waals surface area contributed by atoms with Crippen molar-refractivity contribution in [1.29, 1.82) is 0 Å². The number of nitrogens with two attached hydrogens (primary N) is 1. The standard InChI is InChI=1S/C21H27N3O2/c1-5-24(20(26)21(4,22)17-12-7-6-8-13-17)14-18(25)23-19-15(2)10-9-11-16(19)3/h6-13H,5,14,22H2,1-4H3,(H,23,25). The second-order valence-electron chi connectivity index (χ2n) is 6.70. The van der Waals surface area contributed by atoms with Gasteiger partial charge in [0.25, 0.3) is 0 Å². The fourth-order valence-electron chi connectivity index (χ4n) is 2.93. The molecule has 0 fully saturated rings. The Hall–Kier alpha value is -2.66. The Morgan fingerprint density at radius 2 is 1.62 bits per heavy atom. The number of aryl methyl sites for hydroxylation is 2. The number of carbonyl (C=O) groups is 2. The van der Waals surface area contributed by atoms with Crippen LogP contribution in [0, 0.1) is 13.8 Å². The van der Waals surface area contributed by atoms with Gasteiger partial charge in [-0.25, -0.2) is 0 Å². The molecular formula is C21H27N3O2. The van der Waals surface area contributed by atoms with Gasteiger partial charge in [0.15, 0.2) is 0 Å². The maximum Gasteiger partial charge on any atom is 0.247 e. The van der Waals surface area contributed by atoms with E-state index in [1.807, 2.05) is 69.3 Å². The number of nitrogens with one attached hydrogen (secondary N) is 1. The molecule has 138 valence electrons. The third kappa shape index (κ3) is 4.29. The topological polar surface area (TPSA) is 75.4 Å². The van der Waals surface area contributed by atoms with Crippen molar-refractivity contribution in [3.05, 3.63) is 65.2 Å². The Labute approximate surface area is 155 Å². The van der Waals surface area contributed by atoms with Crippen LogP contribution in [0.2, 0.25) is 0 Å². The highest BCUT2D eigenvalue weighted by Crippen LogP contribution is 2.21. The molecule has 5 heteroatoms. The van der Waals surface area contributed by atoms with Crippen LogP contribution in [0.4, 0.5) is 5.69 Å². The van der Waals surface area contributed by atoms with Crippen molar-refractivity contribution in [3.63, 3.8) is 0 Å². The third-order valence-electron chi connectivity index (χ3n) is 4.57. The van der Waals surface area contributed by atoms with E-state index in [9.17, 15) is 9.59 Å². The summed E-state index contributed by atoms with van der Waals surface area (Å²) in [6, 6.07) is 15.0. The number of benzene rings is 2. The van der Waals surface area contributed by atoms with Gasteiger partial charge in [0.2, 0.25) is 11.8 Å². The number of likely N-dealkylation sites (N-methyl/N-ethyl adjacent to an activating group) is 1. The minimum absolute atomic E-state index is 0.0390. The molecule has 0 aliphatic carbocycles. The van der Waals surface area contributed by atoms with Crippen LogP contribution in [-0.2, 0) is 15.1 Å². The lowest BCUT2D eigenvalue weighted by Crippen LogP contribution is -2.52. The first-order valence-electron chi connectivity index (χ1n) is 8.77. The van der Waals surface area contributed by atoms with Crippen LogP contribution in [0.25, 0.3) is 0 Å². The largest absolute Gasteiger partial charge is 0.332 e. The van der Waals surface area contributed by atoms with Gasteiger partial charge in [-0.3, -0.25) is 9.59 Å². The molecule has 2 rings (SSSR count). The highest BCUT2D eigenvalue weighted by molar-refractivity contribution is 5.97. The molecule has 26 heavy (non-hydrogen) atoms. The molecule has 5 nitrogen and oxygen atoms in total. The molecule has 0 aliphatic rings. The van der Waals surface area contributed by atoms with E-state index in [1.165, 1.54) is 4.90 Å². The zero-order chi connectivity index (χ0) is 19.3. The zero-order valence-corrected chi connectivity index (χ0v) is 15.9. The number of nitrogens with zero attached hydrogens (tertiary/aromatic N) is 1. The van der Waals surface area contributed by atoms with Crippen molar-refractivity contribution in [2.45, 2.75) is 33.2 Å². The predicted octanol–water partition coefficient (Wildman–Crippen LogP) is 2.96. The number of carbonyl (C=O) groups excluding carboxylic acids is 2. The molecule has 0 bridgehead atoms. The van der Waals surface area contributed by atoms with Gasteiger partial charge >= 0.3 is 0 Å². The second kappa shape index (κ2) is 8.15. The summed E-state index contributed by atoms with van der Waals surface area (Å²) < 4.78 is 0. The van der Waals surface area contributed by atoms with Crippen LogP contribution in [0.1, 0.15) is 30.5 Å². The summed E-state index contributed by atoms with van der Waals surface area (Å²) in [7, 11) is 0. The van der Waals surface area contributed by atoms with Crippen LogP contribution in [0.5, 0.6) is 0 Å². The quantitative estimate of drug-likeness (QED) is 0.838. The van der Waals surface area contributed by atoms with E-state index < -0.39 is 5.54 Å². The first-order chi connectivity index (χ1) is 12.3. The molecule has 0 saturated carbocycles. The monoisotopic (exact) mass is 353 g/mol. The van der Waals surface area contributed by atoms with E-state index in [4.69, 9.17) is 5.73 Å². The van der Waals surface area contributed by atoms with Crippen LogP contribution in [0.3, 0.4) is 0 Å². The van der Waals surface area contributed by atoms with Crippen molar-refractivity contribution in [3.8, 4) is 0 Å². The van der Waals surface area contributed by atoms with E-state index in [0.29, 0.717) is 6.54 Å². The molecule has 3 N–H and O–H groups in total. The van der Waals surface area contributed by atoms with Crippen molar-refractivity contribution in [1.82, 2.24) is 4.90 Å². The summed E-state index contributed by atoms with van der Waals surface area (Å²) >= 11 is 0. The van der Waals surface area contributed by atoms with Crippen molar-refractivity contribution in [2.75, 3.05) is 18.4 Å². The van der Waals surface area contributed by atoms with Gasteiger partial charge in [0.1, 0.15) is 5.54 Å². The van der Waals surface area contributed by atoms with E-state index in [2.05, 4.69) is 5.32 Å². The Morgan fingerprint density at radius 3 is 2.15 bits per heavy atom. The molecule has 0 aromatic heterocycles. The van der Waals surface area contributed by atoms with Gasteiger partial charge in [-0.05, 0) is 44.4 Å². The molecule has 0 aliphatic heterocycles. The molecule has 0 spiro atoms. The summed E-state index contributed by atoms with van der Waals surface area (Å²) in [6.07, 6.45) is 0. The minimum Gasteiger partial charge on any atom is -0.332 e. The van der Waals surface area contributed by atoms with E-state index in [-0.39, 0.29) is 18.4 Å². The normalized spacial score (nSPS) is 13.0. The molecular weight excluding hydrogens is 326 g/mol. The number of hydrogen-bond donors (Lipinski definition) is 2. The molecule has 0 heterocycles. The molecule has 1 unspecified atom stereocenters. The predicted molar refractivity (Wildman–Crippen MR) is 105 cm³/mol. The molecule has 0 saturated heterocycles. The van der Waals surface area contributed by atoms with Crippen LogP contribution in [-0.4, -0.2) is 29.8 Å². The fraction of sp³-hybridized carbons (Fsp3) is 0.333. The summed E-state index contributed by atoms with van der Waals surface area (Å²) in [5.41, 5.74) is 8.61. The van der Waals surface area contributed by atoms with E-state index in [1.54, 1.807) is 6.92 Å². The maximum atomic E-state index is 12.9. The Balaban J connectivity index is 2.13. The van der Waals surface area contributed by atoms with Crippen molar-refractivity contribution < 1.29 is 9.59 Å². The van der Waals surface area contributed by atoms with Gasteiger partial charge in [0.05, 0.1) is 6.54 Å². The van der Waals surface area contributed by atoms with Gasteiger partial charge < -0.3 is 16.0 Å². The van der Waals surface area contributed by atoms with Crippen LogP contribution < -0.4 is 11.1 Å². The minimum atomic E-state index is -1.18. The van der Waals surface area contributed by atoms with Crippen molar-refractivity contribution in [2.24, 2.45) is 5.73 Å². The highest BCUT2D eigenvalue weighted by Gasteiger charge is 2.34. The lowest BCUT2D eigenvalue weighted by atomic mass is 9.91. The number of para-hydroxylation sites is 1. The SMILES string of the molecule is CCN(CC(=O)Nc1c(C)cccc1C)C(=O)C(C)(N)c1ccccc1. The van der Waals surface area contributed by atoms with Crippen molar-refractivity contribution >= 4 is 17.5 Å². The molecule has 2 aromatic carbocycles. The lowest BCUT2D eigenvalue weighted by molar-refractivity contribution is -0.139. The number of anilines is 1. The summed E-state index contributed by atoms with van der Waals surface area (Å²) in [5.74, 6) is -0.510. The Bertz CT molecular complexity index is 765. The van der Waals surface area contributed by atoms with Crippen LogP contribution >= 0.6 is 0 Å². The average molecular weight is 353 g/mol. The van der Waals surface area contributed by atoms with E-state index in [0.717, 1.165) is 22.4 Å². The van der Waals surface area contributed by atoms with E-state index >= 15 is 0 Å². The molecule has 2 aromatic rings. The second-order valence-corrected chi connectivity index (χ2v) is 6.70. The highest BCUT2D eigenvalue weighted by atomic mass is 16.2. The smallest absolute Gasteiger partial charge is 0.247 e. The first kappa shape index (κ1) is 19.7. The number of amides is 2. The van der Waals surface area contributed by atoms with Crippen LogP contribution in [0.15, 0.2) is 48.5 Å². The molecule has 0 radical (unpaired) electrons. The van der Waals surface area contributed by atoms with Gasteiger partial charge in [-0.1, -0.05) is 48.5 Å². The Kier molecular flexibility index (Phi) is 6.16. The maximum absolute atomic E-state index is 12.9. The van der Waals surface area contributed by atoms with Gasteiger partial charge in [-0.15, -0.1) is 0 Å². The Morgan fingerprint density at radius 1 is 1.04 bits per heavy atom. The van der Waals surface area contributed by atoms with Gasteiger partial charge in [0, 0.05) is 12.2 Å². The summed E-state index contributed by atoms with van der Waals surface area (Å²) in [6.45, 7) is 7.76. The number of rotatable bonds is 6. The zero-order valence-electron chi connectivity index (χ0n) is 15.9. The fourth-order valence-corrected chi connectivity index (χ4v) is 2.93. The molecule has 1 atom stereocenters. The molecule has 2 amide bonds. The lowest BCUT2D eigenvalue weighted by Gasteiger charge is -2.31. The third-order valence-corrected chi connectivity index (χ3v) is 4.57. The first-order valence-corrected chi connectivity index (χ1v) is 8.77. The average Bonchev–Trinajstić information content (AvgIpc) is 2.63. The van der Waals surface area contributed by atoms with Gasteiger partial charge in [-0.2, -0.15) is 0 Å². The summed E-state index contributed by atoms with van der Waals surface area (Å²) in [5, 5.41) is 2.92. The number of hydrogen-bond acceptors (Lipinski definition) is 3.